The second kappa shape index (κ2) is 7.18. The molecule has 4 rings (SSSR count). The molecule has 3 aromatic rings. The van der Waals surface area contributed by atoms with Crippen molar-refractivity contribution in [2.45, 2.75) is 19.1 Å². The molecule has 2 N–H and O–H groups in total. The molecule has 29 heavy (non-hydrogen) atoms. The number of fused-ring (bicyclic) bond motifs is 1. The van der Waals surface area contributed by atoms with E-state index in [2.05, 4.69) is 14.7 Å². The molecule has 0 spiro atoms. The number of halogens is 3. The molecule has 2 atom stereocenters. The van der Waals surface area contributed by atoms with E-state index < -0.39 is 36.5 Å². The SMILES string of the molecule is Cc1ccc2cc(C(=O)N3C[C@@H](C(F)(F)F)[C@H](NC(=O)c4ccns4)C3)[nH]c2c1. The maximum absolute atomic E-state index is 13.5. The quantitative estimate of drug-likeness (QED) is 0.680. The molecule has 0 unspecified atom stereocenters. The van der Waals surface area contributed by atoms with Gasteiger partial charge in [-0.15, -0.1) is 0 Å². The summed E-state index contributed by atoms with van der Waals surface area (Å²) in [5.74, 6) is -2.99. The highest BCUT2D eigenvalue weighted by Crippen LogP contribution is 2.35. The lowest BCUT2D eigenvalue weighted by Crippen LogP contribution is -2.45. The van der Waals surface area contributed by atoms with Crippen LogP contribution < -0.4 is 5.32 Å². The number of carbonyl (C=O) groups excluding carboxylic acids is 2. The van der Waals surface area contributed by atoms with Gasteiger partial charge in [0.05, 0.1) is 12.0 Å². The van der Waals surface area contributed by atoms with Crippen LogP contribution in [-0.4, -0.2) is 51.4 Å². The van der Waals surface area contributed by atoms with Crippen molar-refractivity contribution in [1.29, 1.82) is 0 Å². The van der Waals surface area contributed by atoms with Gasteiger partial charge in [-0.05, 0) is 42.2 Å². The van der Waals surface area contributed by atoms with Crippen LogP contribution in [0.15, 0.2) is 36.5 Å². The standard InChI is InChI=1S/C19H17F3N4O2S/c1-10-2-3-11-7-14(24-13(11)6-10)18(28)26-8-12(19(20,21)22)15(9-26)25-17(27)16-4-5-23-29-16/h2-7,12,15,24H,8-9H2,1H3,(H,25,27)/t12-,15-/m1/s1. The summed E-state index contributed by atoms with van der Waals surface area (Å²) < 4.78 is 44.4. The average molecular weight is 422 g/mol. The van der Waals surface area contributed by atoms with Crippen molar-refractivity contribution in [2.75, 3.05) is 13.1 Å². The zero-order valence-electron chi connectivity index (χ0n) is 15.3. The molecule has 6 nitrogen and oxygen atoms in total. The largest absolute Gasteiger partial charge is 0.395 e. The molecule has 0 aliphatic carbocycles. The minimum absolute atomic E-state index is 0.220. The van der Waals surface area contributed by atoms with Crippen LogP contribution in [0.25, 0.3) is 10.9 Å². The van der Waals surface area contributed by atoms with E-state index in [0.717, 1.165) is 32.9 Å². The number of carbonyl (C=O) groups is 2. The number of amides is 2. The fraction of sp³-hybridized carbons (Fsp3) is 0.316. The summed E-state index contributed by atoms with van der Waals surface area (Å²) in [5.41, 5.74) is 1.97. The first-order chi connectivity index (χ1) is 13.7. The fourth-order valence-corrected chi connectivity index (χ4v) is 4.05. The van der Waals surface area contributed by atoms with Crippen LogP contribution in [-0.2, 0) is 0 Å². The summed E-state index contributed by atoms with van der Waals surface area (Å²) in [6.07, 6.45) is -3.14. The average Bonchev–Trinajstić information content (AvgIpc) is 3.39. The molecular weight excluding hydrogens is 405 g/mol. The number of H-pyrrole nitrogens is 1. The zero-order chi connectivity index (χ0) is 20.8. The summed E-state index contributed by atoms with van der Waals surface area (Å²) in [4.78, 5) is 29.4. The summed E-state index contributed by atoms with van der Waals surface area (Å²) >= 11 is 0.902. The first kappa shape index (κ1) is 19.4. The number of likely N-dealkylation sites (tertiary alicyclic amines) is 1. The maximum Gasteiger partial charge on any atom is 0.395 e. The first-order valence-corrected chi connectivity index (χ1v) is 9.66. The van der Waals surface area contributed by atoms with Gasteiger partial charge in [-0.25, -0.2) is 4.37 Å². The van der Waals surface area contributed by atoms with Crippen LogP contribution in [0.5, 0.6) is 0 Å². The van der Waals surface area contributed by atoms with Crippen LogP contribution in [0.4, 0.5) is 13.2 Å². The Hall–Kier alpha value is -2.88. The Labute approximate surface area is 167 Å². The fourth-order valence-electron chi connectivity index (χ4n) is 3.55. The van der Waals surface area contributed by atoms with Crippen molar-refractivity contribution in [2.24, 2.45) is 5.92 Å². The van der Waals surface area contributed by atoms with Crippen molar-refractivity contribution >= 4 is 34.2 Å². The third-order valence-electron chi connectivity index (χ3n) is 5.01. The Balaban J connectivity index is 1.55. The number of aromatic amines is 1. The molecule has 0 bridgehead atoms. The van der Waals surface area contributed by atoms with Gasteiger partial charge in [0, 0.05) is 30.2 Å². The van der Waals surface area contributed by atoms with Crippen molar-refractivity contribution in [1.82, 2.24) is 19.6 Å². The van der Waals surface area contributed by atoms with E-state index in [4.69, 9.17) is 0 Å². The molecule has 1 aromatic carbocycles. The number of alkyl halides is 3. The second-order valence-corrected chi connectivity index (χ2v) is 7.92. The van der Waals surface area contributed by atoms with Gasteiger partial charge >= 0.3 is 6.18 Å². The summed E-state index contributed by atoms with van der Waals surface area (Å²) in [5, 5.41) is 3.22. The Morgan fingerprint density at radius 1 is 1.24 bits per heavy atom. The van der Waals surface area contributed by atoms with Crippen molar-refractivity contribution < 1.29 is 22.8 Å². The Morgan fingerprint density at radius 2 is 2.03 bits per heavy atom. The Kier molecular flexibility index (Phi) is 4.81. The van der Waals surface area contributed by atoms with Gasteiger partial charge in [-0.2, -0.15) is 13.2 Å². The number of aromatic nitrogens is 2. The molecule has 2 aromatic heterocycles. The lowest BCUT2D eigenvalue weighted by atomic mass is 10.0. The normalized spacial score (nSPS) is 19.7. The highest BCUT2D eigenvalue weighted by Gasteiger charge is 2.51. The number of hydrogen-bond acceptors (Lipinski definition) is 4. The van der Waals surface area contributed by atoms with Gasteiger partial charge in [0.25, 0.3) is 11.8 Å². The molecule has 1 fully saturated rings. The van der Waals surface area contributed by atoms with E-state index in [0.29, 0.717) is 0 Å². The molecule has 0 saturated carbocycles. The smallest absolute Gasteiger partial charge is 0.351 e. The number of hydrogen-bond donors (Lipinski definition) is 2. The van der Waals surface area contributed by atoms with E-state index in [1.807, 2.05) is 25.1 Å². The molecule has 2 amide bonds. The van der Waals surface area contributed by atoms with Crippen molar-refractivity contribution in [3.05, 3.63) is 52.7 Å². The van der Waals surface area contributed by atoms with Crippen LogP contribution in [0.2, 0.25) is 0 Å². The molecule has 1 saturated heterocycles. The van der Waals surface area contributed by atoms with E-state index in [1.54, 1.807) is 6.07 Å². The van der Waals surface area contributed by atoms with Crippen LogP contribution in [0, 0.1) is 12.8 Å². The molecule has 152 valence electrons. The third kappa shape index (κ3) is 3.84. The Morgan fingerprint density at radius 3 is 2.72 bits per heavy atom. The number of rotatable bonds is 3. The lowest BCUT2D eigenvalue weighted by molar-refractivity contribution is -0.174. The van der Waals surface area contributed by atoms with E-state index >= 15 is 0 Å². The predicted octanol–water partition coefficient (Wildman–Crippen LogP) is 3.37. The highest BCUT2D eigenvalue weighted by atomic mass is 32.1. The topological polar surface area (TPSA) is 78.1 Å². The van der Waals surface area contributed by atoms with Crippen molar-refractivity contribution in [3.63, 3.8) is 0 Å². The van der Waals surface area contributed by atoms with Gasteiger partial charge < -0.3 is 15.2 Å². The number of benzene rings is 1. The van der Waals surface area contributed by atoms with Gasteiger partial charge in [-0.3, -0.25) is 9.59 Å². The van der Waals surface area contributed by atoms with E-state index in [9.17, 15) is 22.8 Å². The third-order valence-corrected chi connectivity index (χ3v) is 5.76. The van der Waals surface area contributed by atoms with Crippen LogP contribution in [0.3, 0.4) is 0 Å². The molecule has 0 radical (unpaired) electrons. The van der Waals surface area contributed by atoms with E-state index in [-0.39, 0.29) is 17.1 Å². The molecule has 3 heterocycles. The maximum atomic E-state index is 13.5. The summed E-state index contributed by atoms with van der Waals surface area (Å²) in [7, 11) is 0. The zero-order valence-corrected chi connectivity index (χ0v) is 16.1. The van der Waals surface area contributed by atoms with Crippen molar-refractivity contribution in [3.8, 4) is 0 Å². The molecule has 1 aliphatic heterocycles. The number of nitrogens with zero attached hydrogens (tertiary/aromatic N) is 2. The van der Waals surface area contributed by atoms with Gasteiger partial charge in [-0.1, -0.05) is 12.1 Å². The minimum atomic E-state index is -4.54. The van der Waals surface area contributed by atoms with E-state index in [1.165, 1.54) is 12.3 Å². The lowest BCUT2D eigenvalue weighted by Gasteiger charge is -2.21. The monoisotopic (exact) mass is 422 g/mol. The predicted molar refractivity (Wildman–Crippen MR) is 102 cm³/mol. The number of aryl methyl sites for hydroxylation is 1. The van der Waals surface area contributed by atoms with Crippen LogP contribution >= 0.6 is 11.5 Å². The van der Waals surface area contributed by atoms with Gasteiger partial charge in [0.1, 0.15) is 10.6 Å². The highest BCUT2D eigenvalue weighted by molar-refractivity contribution is 7.08. The molecule has 10 heteroatoms. The summed E-state index contributed by atoms with van der Waals surface area (Å²) in [6, 6.07) is 7.45. The molecule has 1 aliphatic rings. The van der Waals surface area contributed by atoms with Gasteiger partial charge in [0.2, 0.25) is 0 Å². The van der Waals surface area contributed by atoms with Crippen LogP contribution in [0.1, 0.15) is 25.7 Å². The minimum Gasteiger partial charge on any atom is -0.351 e. The number of nitrogens with one attached hydrogen (secondary N) is 2. The first-order valence-electron chi connectivity index (χ1n) is 8.89. The summed E-state index contributed by atoms with van der Waals surface area (Å²) in [6.45, 7) is 1.18. The second-order valence-electron chi connectivity index (χ2n) is 7.09. The molecular formula is C19H17F3N4O2S. The van der Waals surface area contributed by atoms with Gasteiger partial charge in [0.15, 0.2) is 0 Å². The Bertz CT molecular complexity index is 1060.